The molecule has 1 heterocycles. The number of aromatic amines is 1. The highest BCUT2D eigenvalue weighted by molar-refractivity contribution is 6.01. The number of carbonyl (C=O) groups is 1. The van der Waals surface area contributed by atoms with Crippen LogP contribution in [0, 0.1) is 0 Å². The zero-order chi connectivity index (χ0) is 15.1. The number of carbonyl (C=O) groups excluding carboxylic acids is 1. The first-order chi connectivity index (χ1) is 10.2. The second kappa shape index (κ2) is 7.42. The van der Waals surface area contributed by atoms with Gasteiger partial charge in [-0.1, -0.05) is 13.8 Å². The van der Waals surface area contributed by atoms with E-state index in [2.05, 4.69) is 27.4 Å². The predicted octanol–water partition coefficient (Wildman–Crippen LogP) is 2.80. The number of H-pyrrole nitrogens is 1. The Morgan fingerprint density at radius 1 is 1.24 bits per heavy atom. The maximum atomic E-state index is 12.0. The molecule has 1 amide bonds. The number of nitrogens with one attached hydrogen (secondary N) is 2. The lowest BCUT2D eigenvalue weighted by atomic mass is 10.3. The summed E-state index contributed by atoms with van der Waals surface area (Å²) in [4.78, 5) is 16.2. The van der Waals surface area contributed by atoms with Gasteiger partial charge >= 0.3 is 0 Å². The van der Waals surface area contributed by atoms with E-state index >= 15 is 0 Å². The third-order valence-electron chi connectivity index (χ3n) is 2.81. The minimum atomic E-state index is -0.323. The first-order valence-electron chi connectivity index (χ1n) is 7.18. The number of aromatic nitrogens is 3. The van der Waals surface area contributed by atoms with Gasteiger partial charge in [-0.2, -0.15) is 0 Å². The van der Waals surface area contributed by atoms with Crippen LogP contribution < -0.4 is 10.1 Å². The quantitative estimate of drug-likeness (QED) is 0.821. The van der Waals surface area contributed by atoms with Crippen molar-refractivity contribution in [1.82, 2.24) is 15.2 Å². The summed E-state index contributed by atoms with van der Waals surface area (Å²) in [6.45, 7) is 4.78. The molecule has 1 aromatic carbocycles. The highest BCUT2D eigenvalue weighted by Crippen LogP contribution is 2.16. The van der Waals surface area contributed by atoms with Gasteiger partial charge in [-0.15, -0.1) is 5.10 Å². The molecule has 2 rings (SSSR count). The molecule has 2 N–H and O–H groups in total. The molecule has 0 aliphatic rings. The van der Waals surface area contributed by atoms with Gasteiger partial charge in [0.05, 0.1) is 6.61 Å². The van der Waals surface area contributed by atoms with Crippen LogP contribution in [0.3, 0.4) is 0 Å². The lowest BCUT2D eigenvalue weighted by molar-refractivity contribution is 0.101. The summed E-state index contributed by atoms with van der Waals surface area (Å²) in [6.07, 6.45) is 2.70. The molecule has 0 aliphatic carbocycles. The van der Waals surface area contributed by atoms with Crippen molar-refractivity contribution in [3.8, 4) is 5.75 Å². The number of ether oxygens (including phenoxy) is 1. The first-order valence-corrected chi connectivity index (χ1v) is 7.18. The lowest BCUT2D eigenvalue weighted by Crippen LogP contribution is -2.13. The molecular weight excluding hydrogens is 268 g/mol. The van der Waals surface area contributed by atoms with Gasteiger partial charge in [0.25, 0.3) is 5.91 Å². The summed E-state index contributed by atoms with van der Waals surface area (Å²) in [5, 5.41) is 9.44. The van der Waals surface area contributed by atoms with Gasteiger partial charge in [0.1, 0.15) is 11.6 Å². The maximum Gasteiger partial charge on any atom is 0.295 e. The molecule has 0 bridgehead atoms. The van der Waals surface area contributed by atoms with Crippen LogP contribution in [0.2, 0.25) is 0 Å². The van der Waals surface area contributed by atoms with Crippen LogP contribution >= 0.6 is 0 Å². The number of nitrogens with zero attached hydrogens (tertiary/aromatic N) is 2. The summed E-state index contributed by atoms with van der Waals surface area (Å²) in [5.74, 6) is 1.35. The Bertz CT molecular complexity index is 578. The fourth-order valence-electron chi connectivity index (χ4n) is 1.79. The lowest BCUT2D eigenvalue weighted by Gasteiger charge is -2.06. The summed E-state index contributed by atoms with van der Waals surface area (Å²) in [5.41, 5.74) is 0.686. The van der Waals surface area contributed by atoms with Crippen molar-refractivity contribution in [2.75, 3.05) is 11.9 Å². The van der Waals surface area contributed by atoms with Crippen LogP contribution in [0.5, 0.6) is 5.75 Å². The van der Waals surface area contributed by atoms with Crippen molar-refractivity contribution < 1.29 is 9.53 Å². The molecule has 0 fully saturated rings. The number of anilines is 1. The normalized spacial score (nSPS) is 10.4. The second-order valence-corrected chi connectivity index (χ2v) is 4.68. The van der Waals surface area contributed by atoms with E-state index in [4.69, 9.17) is 4.74 Å². The fraction of sp³-hybridized carbons (Fsp3) is 0.400. The van der Waals surface area contributed by atoms with Crippen LogP contribution in [0.4, 0.5) is 5.69 Å². The summed E-state index contributed by atoms with van der Waals surface area (Å²) in [7, 11) is 0. The average Bonchev–Trinajstić information content (AvgIpc) is 2.96. The van der Waals surface area contributed by atoms with Crippen molar-refractivity contribution in [3.63, 3.8) is 0 Å². The zero-order valence-electron chi connectivity index (χ0n) is 12.3. The van der Waals surface area contributed by atoms with Gasteiger partial charge < -0.3 is 10.1 Å². The number of hydrogen-bond donors (Lipinski definition) is 2. The molecule has 1 aromatic heterocycles. The first kappa shape index (κ1) is 15.0. The molecule has 2 aromatic rings. The van der Waals surface area contributed by atoms with E-state index in [-0.39, 0.29) is 11.7 Å². The number of rotatable bonds is 7. The third kappa shape index (κ3) is 4.30. The minimum Gasteiger partial charge on any atom is -0.494 e. The van der Waals surface area contributed by atoms with Crippen molar-refractivity contribution in [1.29, 1.82) is 0 Å². The van der Waals surface area contributed by atoms with E-state index in [9.17, 15) is 4.79 Å². The SMILES string of the molecule is CCCOc1ccc(NC(=O)c2n[nH]c(CCC)n2)cc1. The summed E-state index contributed by atoms with van der Waals surface area (Å²) >= 11 is 0. The van der Waals surface area contributed by atoms with Gasteiger partial charge in [0.15, 0.2) is 0 Å². The molecule has 6 heteroatoms. The Morgan fingerprint density at radius 3 is 2.67 bits per heavy atom. The van der Waals surface area contributed by atoms with Gasteiger partial charge in [-0.05, 0) is 37.1 Å². The molecule has 0 unspecified atom stereocenters. The number of aryl methyl sites for hydroxylation is 1. The Balaban J connectivity index is 1.95. The molecular formula is C15H20N4O2. The minimum absolute atomic E-state index is 0.157. The topological polar surface area (TPSA) is 79.9 Å². The number of amides is 1. The number of hydrogen-bond acceptors (Lipinski definition) is 4. The third-order valence-corrected chi connectivity index (χ3v) is 2.81. The Kier molecular flexibility index (Phi) is 5.31. The second-order valence-electron chi connectivity index (χ2n) is 4.68. The average molecular weight is 288 g/mol. The molecule has 0 aliphatic heterocycles. The highest BCUT2D eigenvalue weighted by Gasteiger charge is 2.12. The van der Waals surface area contributed by atoms with Crippen LogP contribution in [-0.2, 0) is 6.42 Å². The van der Waals surface area contributed by atoms with E-state index in [0.29, 0.717) is 12.3 Å². The smallest absolute Gasteiger partial charge is 0.295 e. The Morgan fingerprint density at radius 2 is 2.00 bits per heavy atom. The number of benzene rings is 1. The van der Waals surface area contributed by atoms with Gasteiger partial charge in [-0.25, -0.2) is 4.98 Å². The molecule has 21 heavy (non-hydrogen) atoms. The maximum absolute atomic E-state index is 12.0. The van der Waals surface area contributed by atoms with Crippen molar-refractivity contribution >= 4 is 11.6 Å². The fourth-order valence-corrected chi connectivity index (χ4v) is 1.79. The van der Waals surface area contributed by atoms with Crippen molar-refractivity contribution in [3.05, 3.63) is 35.9 Å². The molecule has 0 spiro atoms. The van der Waals surface area contributed by atoms with E-state index in [1.165, 1.54) is 0 Å². The van der Waals surface area contributed by atoms with Crippen LogP contribution in [-0.4, -0.2) is 27.7 Å². The van der Waals surface area contributed by atoms with Crippen LogP contribution in [0.15, 0.2) is 24.3 Å². The standard InChI is InChI=1S/C15H20N4O2/c1-3-5-13-17-14(19-18-13)15(20)16-11-6-8-12(9-7-11)21-10-4-2/h6-9H,3-5,10H2,1-2H3,(H,16,20)(H,17,18,19). The molecule has 0 saturated carbocycles. The zero-order valence-corrected chi connectivity index (χ0v) is 12.3. The Labute approximate surface area is 123 Å². The van der Waals surface area contributed by atoms with Crippen molar-refractivity contribution in [2.45, 2.75) is 33.1 Å². The van der Waals surface area contributed by atoms with E-state index in [1.54, 1.807) is 12.1 Å². The van der Waals surface area contributed by atoms with E-state index < -0.39 is 0 Å². The van der Waals surface area contributed by atoms with Gasteiger partial charge in [0.2, 0.25) is 5.82 Å². The van der Waals surface area contributed by atoms with Gasteiger partial charge in [0, 0.05) is 12.1 Å². The Hall–Kier alpha value is -2.37. The molecule has 6 nitrogen and oxygen atoms in total. The van der Waals surface area contributed by atoms with E-state index in [1.807, 2.05) is 19.1 Å². The van der Waals surface area contributed by atoms with Crippen LogP contribution in [0.1, 0.15) is 43.1 Å². The molecule has 0 radical (unpaired) electrons. The van der Waals surface area contributed by atoms with Crippen molar-refractivity contribution in [2.24, 2.45) is 0 Å². The molecule has 0 saturated heterocycles. The monoisotopic (exact) mass is 288 g/mol. The molecule has 112 valence electrons. The summed E-state index contributed by atoms with van der Waals surface area (Å²) < 4.78 is 5.49. The van der Waals surface area contributed by atoms with Gasteiger partial charge in [-0.3, -0.25) is 9.89 Å². The van der Waals surface area contributed by atoms with E-state index in [0.717, 1.165) is 30.8 Å². The summed E-state index contributed by atoms with van der Waals surface area (Å²) in [6, 6.07) is 7.24. The molecule has 0 atom stereocenters. The largest absolute Gasteiger partial charge is 0.494 e. The van der Waals surface area contributed by atoms with Crippen LogP contribution in [0.25, 0.3) is 0 Å². The predicted molar refractivity (Wildman–Crippen MR) is 80.6 cm³/mol. The highest BCUT2D eigenvalue weighted by atomic mass is 16.5.